The number of carbonyl (C=O) groups excluding carboxylic acids is 2. The predicted molar refractivity (Wildman–Crippen MR) is 80.9 cm³/mol. The zero-order valence-electron chi connectivity index (χ0n) is 12.7. The van der Waals surface area contributed by atoms with Gasteiger partial charge >= 0.3 is 0 Å². The van der Waals surface area contributed by atoms with E-state index in [1.165, 1.54) is 4.90 Å². The molecule has 2 fully saturated rings. The van der Waals surface area contributed by atoms with Gasteiger partial charge in [0, 0.05) is 19.2 Å². The molecule has 2 heterocycles. The molecular weight excluding hydrogens is 284 g/mol. The van der Waals surface area contributed by atoms with Gasteiger partial charge in [-0.05, 0) is 19.1 Å². The molecule has 0 spiro atoms. The van der Waals surface area contributed by atoms with E-state index in [0.29, 0.717) is 44.3 Å². The van der Waals surface area contributed by atoms with Gasteiger partial charge in [-0.3, -0.25) is 14.5 Å². The van der Waals surface area contributed by atoms with Crippen LogP contribution in [0.1, 0.15) is 13.3 Å². The van der Waals surface area contributed by atoms with Crippen molar-refractivity contribution in [2.24, 2.45) is 0 Å². The molecule has 22 heavy (non-hydrogen) atoms. The number of hydrogen-bond donors (Lipinski definition) is 0. The maximum absolute atomic E-state index is 12.7. The number of amides is 2. The van der Waals surface area contributed by atoms with Gasteiger partial charge in [0.15, 0.2) is 0 Å². The lowest BCUT2D eigenvalue weighted by atomic mass is 10.2. The maximum Gasteiger partial charge on any atom is 0.251 e. The smallest absolute Gasteiger partial charge is 0.251 e. The van der Waals surface area contributed by atoms with Crippen LogP contribution in [0.5, 0.6) is 5.75 Å². The number of nitrogens with zero attached hydrogens (tertiary/aromatic N) is 2. The predicted octanol–water partition coefficient (Wildman–Crippen LogP) is 1.05. The zero-order chi connectivity index (χ0) is 15.5. The molecule has 2 amide bonds. The molecule has 6 heteroatoms. The van der Waals surface area contributed by atoms with Crippen LogP contribution in [0.3, 0.4) is 0 Å². The van der Waals surface area contributed by atoms with E-state index in [2.05, 4.69) is 0 Å². The van der Waals surface area contributed by atoms with E-state index in [1.54, 1.807) is 18.2 Å². The van der Waals surface area contributed by atoms with Gasteiger partial charge in [-0.15, -0.1) is 0 Å². The van der Waals surface area contributed by atoms with Crippen molar-refractivity contribution in [3.8, 4) is 5.75 Å². The Balaban J connectivity index is 1.80. The number of benzene rings is 1. The van der Waals surface area contributed by atoms with Crippen LogP contribution in [-0.4, -0.2) is 55.7 Å². The van der Waals surface area contributed by atoms with Gasteiger partial charge < -0.3 is 9.47 Å². The molecule has 1 aromatic carbocycles. The number of ether oxygens (including phenoxy) is 2. The first kappa shape index (κ1) is 15.0. The lowest BCUT2D eigenvalue weighted by Crippen LogP contribution is -2.47. The van der Waals surface area contributed by atoms with Gasteiger partial charge in [-0.2, -0.15) is 0 Å². The summed E-state index contributed by atoms with van der Waals surface area (Å²) in [5.74, 6) is 0.353. The Labute approximate surface area is 129 Å². The highest BCUT2D eigenvalue weighted by Gasteiger charge is 2.43. The van der Waals surface area contributed by atoms with E-state index >= 15 is 0 Å². The van der Waals surface area contributed by atoms with E-state index in [0.717, 1.165) is 0 Å². The van der Waals surface area contributed by atoms with Crippen molar-refractivity contribution in [1.82, 2.24) is 4.90 Å². The van der Waals surface area contributed by atoms with Crippen LogP contribution in [0, 0.1) is 0 Å². The van der Waals surface area contributed by atoms with Crippen molar-refractivity contribution in [3.63, 3.8) is 0 Å². The largest absolute Gasteiger partial charge is 0.494 e. The molecule has 2 aliphatic rings. The highest BCUT2D eigenvalue weighted by molar-refractivity contribution is 6.22. The SMILES string of the molecule is CCOc1cccc(N2C(=O)C[C@@H](N3CCOCC3)C2=O)c1. The first-order valence-corrected chi connectivity index (χ1v) is 7.62. The quantitative estimate of drug-likeness (QED) is 0.778. The Bertz CT molecular complexity index is 569. The summed E-state index contributed by atoms with van der Waals surface area (Å²) in [5, 5.41) is 0. The molecule has 0 aliphatic carbocycles. The highest BCUT2D eigenvalue weighted by atomic mass is 16.5. The number of carbonyl (C=O) groups is 2. The van der Waals surface area contributed by atoms with Gasteiger partial charge in [0.05, 0.1) is 38.0 Å². The Morgan fingerprint density at radius 2 is 2.05 bits per heavy atom. The van der Waals surface area contributed by atoms with E-state index in [-0.39, 0.29) is 24.3 Å². The molecule has 1 aromatic rings. The average Bonchev–Trinajstić information content (AvgIpc) is 2.84. The van der Waals surface area contributed by atoms with Crippen LogP contribution in [0.15, 0.2) is 24.3 Å². The van der Waals surface area contributed by atoms with Crippen molar-refractivity contribution < 1.29 is 19.1 Å². The fourth-order valence-electron chi connectivity index (χ4n) is 2.94. The fourth-order valence-corrected chi connectivity index (χ4v) is 2.94. The minimum absolute atomic E-state index is 0.152. The van der Waals surface area contributed by atoms with Crippen LogP contribution in [-0.2, 0) is 14.3 Å². The summed E-state index contributed by atoms with van der Waals surface area (Å²) in [5.41, 5.74) is 0.580. The van der Waals surface area contributed by atoms with Crippen LogP contribution in [0.2, 0.25) is 0 Å². The van der Waals surface area contributed by atoms with Crippen LogP contribution >= 0.6 is 0 Å². The van der Waals surface area contributed by atoms with Crippen LogP contribution < -0.4 is 9.64 Å². The van der Waals surface area contributed by atoms with Crippen molar-refractivity contribution in [3.05, 3.63) is 24.3 Å². The van der Waals surface area contributed by atoms with E-state index in [9.17, 15) is 9.59 Å². The van der Waals surface area contributed by atoms with Crippen molar-refractivity contribution in [2.45, 2.75) is 19.4 Å². The minimum Gasteiger partial charge on any atom is -0.494 e. The Morgan fingerprint density at radius 3 is 2.77 bits per heavy atom. The fraction of sp³-hybridized carbons (Fsp3) is 0.500. The molecule has 0 unspecified atom stereocenters. The van der Waals surface area contributed by atoms with Crippen LogP contribution in [0.4, 0.5) is 5.69 Å². The minimum atomic E-state index is -0.368. The molecule has 6 nitrogen and oxygen atoms in total. The number of anilines is 1. The summed E-state index contributed by atoms with van der Waals surface area (Å²) >= 11 is 0. The van der Waals surface area contributed by atoms with E-state index in [4.69, 9.17) is 9.47 Å². The zero-order valence-corrected chi connectivity index (χ0v) is 12.7. The van der Waals surface area contributed by atoms with Crippen molar-refractivity contribution in [2.75, 3.05) is 37.8 Å². The highest BCUT2D eigenvalue weighted by Crippen LogP contribution is 2.28. The lowest BCUT2D eigenvalue weighted by molar-refractivity contribution is -0.123. The number of rotatable bonds is 4. The third-order valence-electron chi connectivity index (χ3n) is 4.00. The van der Waals surface area contributed by atoms with Crippen molar-refractivity contribution >= 4 is 17.5 Å². The molecule has 2 saturated heterocycles. The van der Waals surface area contributed by atoms with Gasteiger partial charge in [0.1, 0.15) is 5.75 Å². The molecule has 0 radical (unpaired) electrons. The molecular formula is C16H20N2O4. The summed E-state index contributed by atoms with van der Waals surface area (Å²) in [6, 6.07) is 6.74. The Morgan fingerprint density at radius 1 is 1.27 bits per heavy atom. The van der Waals surface area contributed by atoms with Gasteiger partial charge in [-0.1, -0.05) is 6.07 Å². The second-order valence-corrected chi connectivity index (χ2v) is 5.37. The topological polar surface area (TPSA) is 59.1 Å². The summed E-state index contributed by atoms with van der Waals surface area (Å²) in [7, 11) is 0. The average molecular weight is 304 g/mol. The second kappa shape index (κ2) is 6.46. The third kappa shape index (κ3) is 2.84. The summed E-state index contributed by atoms with van der Waals surface area (Å²) < 4.78 is 10.8. The molecule has 118 valence electrons. The lowest BCUT2D eigenvalue weighted by Gasteiger charge is -2.30. The van der Waals surface area contributed by atoms with Gasteiger partial charge in [0.2, 0.25) is 5.91 Å². The first-order valence-electron chi connectivity index (χ1n) is 7.62. The van der Waals surface area contributed by atoms with E-state index in [1.807, 2.05) is 17.9 Å². The Kier molecular flexibility index (Phi) is 4.40. The summed E-state index contributed by atoms with van der Waals surface area (Å²) in [4.78, 5) is 28.3. The van der Waals surface area contributed by atoms with Gasteiger partial charge in [-0.25, -0.2) is 4.90 Å². The molecule has 1 atom stereocenters. The summed E-state index contributed by atoms with van der Waals surface area (Å²) in [6.07, 6.45) is 0.234. The second-order valence-electron chi connectivity index (χ2n) is 5.37. The maximum atomic E-state index is 12.7. The molecule has 0 N–H and O–H groups in total. The normalized spacial score (nSPS) is 23.1. The number of imide groups is 1. The molecule has 0 bridgehead atoms. The van der Waals surface area contributed by atoms with E-state index < -0.39 is 0 Å². The van der Waals surface area contributed by atoms with Crippen LogP contribution in [0.25, 0.3) is 0 Å². The summed E-state index contributed by atoms with van der Waals surface area (Å²) in [6.45, 7) is 5.04. The Hall–Kier alpha value is -1.92. The standard InChI is InChI=1S/C16H20N2O4/c1-2-22-13-5-3-4-12(10-13)18-15(19)11-14(16(18)20)17-6-8-21-9-7-17/h3-5,10,14H,2,6-9,11H2,1H3/t14-/m1/s1. The first-order chi connectivity index (χ1) is 10.7. The third-order valence-corrected chi connectivity index (χ3v) is 4.00. The monoisotopic (exact) mass is 304 g/mol. The molecule has 3 rings (SSSR count). The van der Waals surface area contributed by atoms with Crippen molar-refractivity contribution in [1.29, 1.82) is 0 Å². The van der Waals surface area contributed by atoms with Gasteiger partial charge in [0.25, 0.3) is 5.91 Å². The number of morpholine rings is 1. The molecule has 0 aromatic heterocycles. The molecule has 0 saturated carbocycles. The molecule has 2 aliphatic heterocycles. The number of hydrogen-bond acceptors (Lipinski definition) is 5.